The van der Waals surface area contributed by atoms with Crippen LogP contribution in [0.25, 0.3) is 15.7 Å². The SMILES string of the molecule is [C-]#[N+]C[C@H]1CN(c2nc(OC[C@H]3CCCN3C)nc3c(F)c(Cl)ncc23)CCN1C(=O)OC(C)(C)C. The summed E-state index contributed by atoms with van der Waals surface area (Å²) in [7, 11) is 2.04. The van der Waals surface area contributed by atoms with Crippen molar-refractivity contribution < 1.29 is 18.7 Å². The molecule has 1 amide bonds. The molecule has 2 aliphatic rings. The maximum absolute atomic E-state index is 15.0. The van der Waals surface area contributed by atoms with Gasteiger partial charge >= 0.3 is 12.1 Å². The number of pyridine rings is 1. The minimum atomic E-state index is -0.745. The standard InChI is InChI=1S/C24H31ClFN7O3/c1-24(2,3)36-23(34)33-10-9-32(13-16(33)11-27-4)21-17-12-28-20(25)18(26)19(17)29-22(30-21)35-14-15-7-6-8-31(15)5/h12,15-16H,6-11,13-14H2,1-3,5H3/t15-,16+/m1/s1. The molecule has 2 aromatic heterocycles. The molecule has 2 fully saturated rings. The molecule has 4 heterocycles. The van der Waals surface area contributed by atoms with Gasteiger partial charge in [-0.25, -0.2) is 20.7 Å². The number of likely N-dealkylation sites (N-methyl/N-ethyl adjacent to an activating group) is 1. The lowest BCUT2D eigenvalue weighted by Crippen LogP contribution is -2.57. The molecule has 0 bridgehead atoms. The summed E-state index contributed by atoms with van der Waals surface area (Å²) in [5.41, 5.74) is -0.631. The summed E-state index contributed by atoms with van der Waals surface area (Å²) in [6.07, 6.45) is 3.07. The van der Waals surface area contributed by atoms with Crippen molar-refractivity contribution in [1.29, 1.82) is 0 Å². The summed E-state index contributed by atoms with van der Waals surface area (Å²) in [6, 6.07) is -0.146. The van der Waals surface area contributed by atoms with Crippen LogP contribution in [0.3, 0.4) is 0 Å². The van der Waals surface area contributed by atoms with Crippen LogP contribution >= 0.6 is 11.6 Å². The molecule has 0 N–H and O–H groups in total. The number of hydrogen-bond acceptors (Lipinski definition) is 8. The zero-order chi connectivity index (χ0) is 26.0. The number of fused-ring (bicyclic) bond motifs is 1. The maximum Gasteiger partial charge on any atom is 0.410 e. The predicted molar refractivity (Wildman–Crippen MR) is 134 cm³/mol. The topological polar surface area (TPSA) is 88.3 Å². The molecule has 194 valence electrons. The highest BCUT2D eigenvalue weighted by Crippen LogP contribution is 2.31. The number of halogens is 2. The van der Waals surface area contributed by atoms with Gasteiger partial charge in [0.1, 0.15) is 29.6 Å². The zero-order valence-corrected chi connectivity index (χ0v) is 21.8. The first kappa shape index (κ1) is 26.1. The van der Waals surface area contributed by atoms with E-state index in [0.717, 1.165) is 19.4 Å². The monoisotopic (exact) mass is 519 g/mol. The predicted octanol–water partition coefficient (Wildman–Crippen LogP) is 3.64. The molecule has 12 heteroatoms. The molecular formula is C24H31ClFN7O3. The third-order valence-electron chi connectivity index (χ3n) is 6.39. The van der Waals surface area contributed by atoms with Crippen LogP contribution in [-0.4, -0.2) is 94.9 Å². The molecule has 2 saturated heterocycles. The highest BCUT2D eigenvalue weighted by Gasteiger charge is 2.36. The van der Waals surface area contributed by atoms with Crippen LogP contribution in [0.15, 0.2) is 6.20 Å². The van der Waals surface area contributed by atoms with Gasteiger partial charge in [0.2, 0.25) is 6.54 Å². The van der Waals surface area contributed by atoms with E-state index in [2.05, 4.69) is 24.7 Å². The quantitative estimate of drug-likeness (QED) is 0.437. The summed E-state index contributed by atoms with van der Waals surface area (Å²) >= 11 is 5.95. The van der Waals surface area contributed by atoms with Crippen LogP contribution in [0.1, 0.15) is 33.6 Å². The molecule has 0 radical (unpaired) electrons. The van der Waals surface area contributed by atoms with Crippen molar-refractivity contribution in [2.75, 3.05) is 51.3 Å². The lowest BCUT2D eigenvalue weighted by atomic mass is 10.1. The van der Waals surface area contributed by atoms with Crippen LogP contribution in [0.5, 0.6) is 6.01 Å². The molecule has 4 rings (SSSR count). The third-order valence-corrected chi connectivity index (χ3v) is 6.65. The number of hydrogen-bond donors (Lipinski definition) is 0. The highest BCUT2D eigenvalue weighted by molar-refractivity contribution is 6.30. The zero-order valence-electron chi connectivity index (χ0n) is 21.0. The minimum Gasteiger partial charge on any atom is -0.462 e. The van der Waals surface area contributed by atoms with Crippen molar-refractivity contribution in [3.8, 4) is 6.01 Å². The summed E-state index contributed by atoms with van der Waals surface area (Å²) in [5, 5.41) is 0.101. The van der Waals surface area contributed by atoms with Crippen molar-refractivity contribution in [2.24, 2.45) is 0 Å². The first-order chi connectivity index (χ1) is 17.1. The number of rotatable bonds is 5. The molecule has 0 saturated carbocycles. The second-order valence-corrected chi connectivity index (χ2v) is 10.5. The number of anilines is 1. The lowest BCUT2D eigenvalue weighted by Gasteiger charge is -2.40. The number of aromatic nitrogens is 3. The third kappa shape index (κ3) is 5.71. The van der Waals surface area contributed by atoms with Gasteiger partial charge in [0.05, 0.1) is 5.39 Å². The number of likely N-dealkylation sites (tertiary alicyclic amines) is 1. The van der Waals surface area contributed by atoms with E-state index >= 15 is 0 Å². The Labute approximate surface area is 215 Å². The van der Waals surface area contributed by atoms with E-state index < -0.39 is 23.6 Å². The van der Waals surface area contributed by atoms with Crippen LogP contribution in [0.2, 0.25) is 5.15 Å². The van der Waals surface area contributed by atoms with Crippen molar-refractivity contribution in [3.05, 3.63) is 28.6 Å². The number of carbonyl (C=O) groups excluding carboxylic acids is 1. The highest BCUT2D eigenvalue weighted by atomic mass is 35.5. The normalized spacial score (nSPS) is 21.0. The fourth-order valence-corrected chi connectivity index (χ4v) is 4.67. The van der Waals surface area contributed by atoms with E-state index in [4.69, 9.17) is 27.6 Å². The van der Waals surface area contributed by atoms with Crippen LogP contribution < -0.4 is 9.64 Å². The molecule has 0 unspecified atom stereocenters. The van der Waals surface area contributed by atoms with Crippen LogP contribution in [-0.2, 0) is 4.74 Å². The van der Waals surface area contributed by atoms with Gasteiger partial charge < -0.3 is 24.1 Å². The Morgan fingerprint density at radius 1 is 1.28 bits per heavy atom. The van der Waals surface area contributed by atoms with E-state index in [1.54, 1.807) is 25.7 Å². The van der Waals surface area contributed by atoms with E-state index in [-0.39, 0.29) is 29.3 Å². The van der Waals surface area contributed by atoms with Crippen molar-refractivity contribution in [3.63, 3.8) is 0 Å². The van der Waals surface area contributed by atoms with Gasteiger partial charge in [-0.1, -0.05) is 11.6 Å². The molecule has 2 atom stereocenters. The van der Waals surface area contributed by atoms with Crippen molar-refractivity contribution in [2.45, 2.75) is 51.3 Å². The molecular weight excluding hydrogens is 489 g/mol. The Kier molecular flexibility index (Phi) is 7.66. The summed E-state index contributed by atoms with van der Waals surface area (Å²) < 4.78 is 26.4. The summed E-state index contributed by atoms with van der Waals surface area (Å²) in [4.78, 5) is 34.9. The second kappa shape index (κ2) is 10.6. The number of nitrogens with zero attached hydrogens (tertiary/aromatic N) is 7. The van der Waals surface area contributed by atoms with Gasteiger partial charge in [0.25, 0.3) is 0 Å². The van der Waals surface area contributed by atoms with Gasteiger partial charge in [-0.2, -0.15) is 9.97 Å². The number of piperazine rings is 1. The molecule has 2 aromatic rings. The number of carbonyl (C=O) groups is 1. The maximum atomic E-state index is 15.0. The first-order valence-electron chi connectivity index (χ1n) is 12.0. The molecule has 0 spiro atoms. The van der Waals surface area contributed by atoms with Gasteiger partial charge in [-0.15, -0.1) is 0 Å². The Morgan fingerprint density at radius 3 is 2.72 bits per heavy atom. The van der Waals surface area contributed by atoms with Crippen molar-refractivity contribution >= 4 is 34.4 Å². The van der Waals surface area contributed by atoms with Gasteiger partial charge in [-0.05, 0) is 47.2 Å². The smallest absolute Gasteiger partial charge is 0.410 e. The average molecular weight is 520 g/mol. The van der Waals surface area contributed by atoms with Gasteiger partial charge in [0, 0.05) is 31.9 Å². The molecule has 36 heavy (non-hydrogen) atoms. The Bertz CT molecular complexity index is 1170. The van der Waals surface area contributed by atoms with Gasteiger partial charge in [-0.3, -0.25) is 4.90 Å². The summed E-state index contributed by atoms with van der Waals surface area (Å²) in [6.45, 7) is 15.3. The Morgan fingerprint density at radius 2 is 2.06 bits per heavy atom. The second-order valence-electron chi connectivity index (χ2n) is 10.2. The molecule has 0 aromatic carbocycles. The van der Waals surface area contributed by atoms with Crippen LogP contribution in [0.4, 0.5) is 15.0 Å². The van der Waals surface area contributed by atoms with Gasteiger partial charge in [0.15, 0.2) is 11.0 Å². The van der Waals surface area contributed by atoms with E-state index in [1.807, 2.05) is 11.9 Å². The van der Waals surface area contributed by atoms with E-state index in [0.29, 0.717) is 37.4 Å². The molecule has 2 aliphatic heterocycles. The Hall–Kier alpha value is -2.97. The fraction of sp³-hybridized carbons (Fsp3) is 0.625. The molecule has 10 nitrogen and oxygen atoms in total. The summed E-state index contributed by atoms with van der Waals surface area (Å²) in [5.74, 6) is -0.317. The lowest BCUT2D eigenvalue weighted by molar-refractivity contribution is 0.0155. The van der Waals surface area contributed by atoms with Crippen LogP contribution in [0, 0.1) is 12.4 Å². The number of ether oxygens (including phenoxy) is 2. The van der Waals surface area contributed by atoms with E-state index in [9.17, 15) is 9.18 Å². The number of amides is 1. The minimum absolute atomic E-state index is 0.0195. The molecule has 0 aliphatic carbocycles. The Balaban J connectivity index is 1.64. The first-order valence-corrected chi connectivity index (χ1v) is 12.4. The van der Waals surface area contributed by atoms with Crippen molar-refractivity contribution in [1.82, 2.24) is 24.8 Å². The fourth-order valence-electron chi connectivity index (χ4n) is 4.54. The average Bonchev–Trinajstić information content (AvgIpc) is 3.23. The van der Waals surface area contributed by atoms with E-state index in [1.165, 1.54) is 6.20 Å². The largest absolute Gasteiger partial charge is 0.462 e.